The number of benzene rings is 1. The molecular weight excluding hydrogens is 173 g/mol. The van der Waals surface area contributed by atoms with Crippen LogP contribution in [0.1, 0.15) is 5.56 Å². The molecule has 0 bridgehead atoms. The Morgan fingerprint density at radius 3 is 2.50 bits per heavy atom. The largest absolute Gasteiger partial charge is 0.308 e. The molecular formula is C9H12FNS. The summed E-state index contributed by atoms with van der Waals surface area (Å²) >= 11 is 4.01. The molecule has 0 aliphatic rings. The second kappa shape index (κ2) is 5.17. The molecule has 0 heterocycles. The van der Waals surface area contributed by atoms with E-state index in [-0.39, 0.29) is 5.82 Å². The van der Waals surface area contributed by atoms with Crippen molar-refractivity contribution in [2.45, 2.75) is 6.42 Å². The molecule has 0 aliphatic heterocycles. The summed E-state index contributed by atoms with van der Waals surface area (Å²) in [6.45, 7) is 0.884. The Labute approximate surface area is 77.4 Å². The van der Waals surface area contributed by atoms with Crippen LogP contribution in [-0.4, -0.2) is 12.4 Å². The van der Waals surface area contributed by atoms with Gasteiger partial charge < -0.3 is 5.32 Å². The molecule has 0 fully saturated rings. The molecule has 0 unspecified atom stereocenters. The van der Waals surface area contributed by atoms with Crippen LogP contribution in [0.3, 0.4) is 0 Å². The fraction of sp³-hybridized carbons (Fsp3) is 0.333. The highest BCUT2D eigenvalue weighted by Gasteiger charge is 1.92. The van der Waals surface area contributed by atoms with Gasteiger partial charge in [-0.25, -0.2) is 4.39 Å². The fourth-order valence-electron chi connectivity index (χ4n) is 0.963. The van der Waals surface area contributed by atoms with E-state index in [0.29, 0.717) is 5.88 Å². The first kappa shape index (κ1) is 9.55. The van der Waals surface area contributed by atoms with Gasteiger partial charge in [0.2, 0.25) is 0 Å². The normalized spacial score (nSPS) is 10.2. The van der Waals surface area contributed by atoms with Gasteiger partial charge in [0, 0.05) is 5.88 Å². The lowest BCUT2D eigenvalue weighted by molar-refractivity contribution is 0.626. The molecule has 0 atom stereocenters. The monoisotopic (exact) mass is 185 g/mol. The lowest BCUT2D eigenvalue weighted by Crippen LogP contribution is -2.14. The molecule has 0 saturated heterocycles. The highest BCUT2D eigenvalue weighted by atomic mass is 32.1. The van der Waals surface area contributed by atoms with Crippen molar-refractivity contribution in [1.29, 1.82) is 0 Å². The van der Waals surface area contributed by atoms with Gasteiger partial charge in [0.05, 0.1) is 0 Å². The van der Waals surface area contributed by atoms with Gasteiger partial charge >= 0.3 is 0 Å². The van der Waals surface area contributed by atoms with Gasteiger partial charge in [-0.05, 0) is 30.7 Å². The maximum atomic E-state index is 12.4. The Hall–Kier alpha value is -0.540. The molecule has 12 heavy (non-hydrogen) atoms. The van der Waals surface area contributed by atoms with Gasteiger partial charge in [0.1, 0.15) is 5.82 Å². The number of hydrogen-bond acceptors (Lipinski definition) is 2. The van der Waals surface area contributed by atoms with E-state index in [1.807, 2.05) is 0 Å². The maximum Gasteiger partial charge on any atom is 0.123 e. The van der Waals surface area contributed by atoms with Crippen LogP contribution in [0.5, 0.6) is 0 Å². The van der Waals surface area contributed by atoms with Crippen LogP contribution in [0.4, 0.5) is 4.39 Å². The summed E-state index contributed by atoms with van der Waals surface area (Å²) in [4.78, 5) is 0. The molecule has 1 rings (SSSR count). The lowest BCUT2D eigenvalue weighted by atomic mass is 10.1. The molecule has 1 aromatic rings. The summed E-state index contributed by atoms with van der Waals surface area (Å²) in [6.07, 6.45) is 0.918. The highest BCUT2D eigenvalue weighted by Crippen LogP contribution is 2.02. The SMILES string of the molecule is Fc1ccc(CCNCS)cc1. The number of halogens is 1. The zero-order chi connectivity index (χ0) is 8.81. The third-order valence-electron chi connectivity index (χ3n) is 1.62. The van der Waals surface area contributed by atoms with Crippen molar-refractivity contribution in [2.75, 3.05) is 12.4 Å². The van der Waals surface area contributed by atoms with E-state index >= 15 is 0 Å². The van der Waals surface area contributed by atoms with Crippen LogP contribution in [-0.2, 0) is 6.42 Å². The zero-order valence-corrected chi connectivity index (χ0v) is 7.65. The third-order valence-corrected chi connectivity index (χ3v) is 1.84. The minimum Gasteiger partial charge on any atom is -0.308 e. The van der Waals surface area contributed by atoms with Gasteiger partial charge in [-0.3, -0.25) is 0 Å². The number of rotatable bonds is 4. The second-order valence-corrected chi connectivity index (χ2v) is 2.85. The van der Waals surface area contributed by atoms with Gasteiger partial charge in [0.15, 0.2) is 0 Å². The van der Waals surface area contributed by atoms with Gasteiger partial charge in [-0.1, -0.05) is 12.1 Å². The number of nitrogens with one attached hydrogen (secondary N) is 1. The van der Waals surface area contributed by atoms with E-state index in [1.165, 1.54) is 12.1 Å². The molecule has 1 N–H and O–H groups in total. The van der Waals surface area contributed by atoms with Crippen LogP contribution in [0.15, 0.2) is 24.3 Å². The van der Waals surface area contributed by atoms with Gasteiger partial charge in [-0.15, -0.1) is 0 Å². The quantitative estimate of drug-likeness (QED) is 0.414. The highest BCUT2D eigenvalue weighted by molar-refractivity contribution is 7.80. The van der Waals surface area contributed by atoms with E-state index in [9.17, 15) is 4.39 Å². The zero-order valence-electron chi connectivity index (χ0n) is 6.76. The second-order valence-electron chi connectivity index (χ2n) is 2.53. The predicted octanol–water partition coefficient (Wildman–Crippen LogP) is 1.85. The molecule has 0 aromatic heterocycles. The summed E-state index contributed by atoms with van der Waals surface area (Å²) < 4.78 is 12.4. The summed E-state index contributed by atoms with van der Waals surface area (Å²) in [5, 5.41) is 3.08. The van der Waals surface area contributed by atoms with Crippen molar-refractivity contribution in [3.05, 3.63) is 35.6 Å². The van der Waals surface area contributed by atoms with Crippen LogP contribution in [0.25, 0.3) is 0 Å². The fourth-order valence-corrected chi connectivity index (χ4v) is 1.12. The molecule has 66 valence electrons. The molecule has 0 amide bonds. The molecule has 0 saturated carbocycles. The van der Waals surface area contributed by atoms with Crippen LogP contribution in [0.2, 0.25) is 0 Å². The molecule has 1 aromatic carbocycles. The summed E-state index contributed by atoms with van der Waals surface area (Å²) in [7, 11) is 0. The van der Waals surface area contributed by atoms with Crippen LogP contribution < -0.4 is 5.32 Å². The molecule has 0 radical (unpaired) electrons. The van der Waals surface area contributed by atoms with E-state index in [1.54, 1.807) is 12.1 Å². The van der Waals surface area contributed by atoms with E-state index in [0.717, 1.165) is 18.5 Å². The lowest BCUT2D eigenvalue weighted by Gasteiger charge is -2.00. The van der Waals surface area contributed by atoms with Gasteiger partial charge in [-0.2, -0.15) is 12.6 Å². The molecule has 0 spiro atoms. The first-order valence-corrected chi connectivity index (χ1v) is 4.52. The molecule has 1 nitrogen and oxygen atoms in total. The Morgan fingerprint density at radius 1 is 1.25 bits per heavy atom. The van der Waals surface area contributed by atoms with E-state index in [4.69, 9.17) is 0 Å². The van der Waals surface area contributed by atoms with E-state index < -0.39 is 0 Å². The van der Waals surface area contributed by atoms with Crippen molar-refractivity contribution in [1.82, 2.24) is 5.32 Å². The first-order valence-electron chi connectivity index (χ1n) is 3.89. The van der Waals surface area contributed by atoms with Crippen molar-refractivity contribution in [3.63, 3.8) is 0 Å². The van der Waals surface area contributed by atoms with Crippen LogP contribution >= 0.6 is 12.6 Å². The maximum absolute atomic E-state index is 12.4. The van der Waals surface area contributed by atoms with Crippen LogP contribution in [0, 0.1) is 5.82 Å². The first-order chi connectivity index (χ1) is 5.83. The number of thiol groups is 1. The molecule has 3 heteroatoms. The average molecular weight is 185 g/mol. The molecule has 0 aliphatic carbocycles. The van der Waals surface area contributed by atoms with Crippen molar-refractivity contribution in [2.24, 2.45) is 0 Å². The smallest absolute Gasteiger partial charge is 0.123 e. The standard InChI is InChI=1S/C9H12FNS/c10-9-3-1-8(2-4-9)5-6-11-7-12/h1-4,11-12H,5-7H2. The minimum absolute atomic E-state index is 0.180. The Bertz CT molecular complexity index is 222. The minimum atomic E-state index is -0.180. The Balaban J connectivity index is 2.37. The average Bonchev–Trinajstić information content (AvgIpc) is 2.09. The van der Waals surface area contributed by atoms with Crippen molar-refractivity contribution in [3.8, 4) is 0 Å². The summed E-state index contributed by atoms with van der Waals surface area (Å²) in [5.74, 6) is 0.502. The third kappa shape index (κ3) is 3.24. The number of hydrogen-bond donors (Lipinski definition) is 2. The summed E-state index contributed by atoms with van der Waals surface area (Å²) in [6, 6.07) is 6.57. The predicted molar refractivity (Wildman–Crippen MR) is 52.0 cm³/mol. The topological polar surface area (TPSA) is 12.0 Å². The summed E-state index contributed by atoms with van der Waals surface area (Å²) in [5.41, 5.74) is 1.14. The van der Waals surface area contributed by atoms with Gasteiger partial charge in [0.25, 0.3) is 0 Å². The van der Waals surface area contributed by atoms with E-state index in [2.05, 4.69) is 17.9 Å². The van der Waals surface area contributed by atoms with Crippen molar-refractivity contribution >= 4 is 12.6 Å². The Morgan fingerprint density at radius 2 is 1.92 bits per heavy atom. The Kier molecular flexibility index (Phi) is 4.11. The van der Waals surface area contributed by atoms with Crippen molar-refractivity contribution < 1.29 is 4.39 Å².